The molecule has 3 nitrogen and oxygen atoms in total. The van der Waals surface area contributed by atoms with Crippen LogP contribution in [0.1, 0.15) is 26.2 Å². The Balaban J connectivity index is 1.92. The molecule has 2 unspecified atom stereocenters. The maximum Gasteiger partial charge on any atom is 0.121 e. The van der Waals surface area contributed by atoms with Crippen molar-refractivity contribution in [2.24, 2.45) is 0 Å². The van der Waals surface area contributed by atoms with E-state index in [4.69, 9.17) is 4.74 Å². The van der Waals surface area contributed by atoms with E-state index in [1.165, 1.54) is 12.1 Å². The Morgan fingerprint density at radius 3 is 2.89 bits per heavy atom. The number of benzene rings is 1. The van der Waals surface area contributed by atoms with E-state index >= 15 is 0 Å². The molecule has 1 fully saturated rings. The van der Waals surface area contributed by atoms with Crippen molar-refractivity contribution < 1.29 is 4.74 Å². The summed E-state index contributed by atoms with van der Waals surface area (Å²) in [6.07, 6.45) is 3.88. The fourth-order valence-electron chi connectivity index (χ4n) is 2.55. The zero-order valence-corrected chi connectivity index (χ0v) is 11.6. The number of nitrogens with zero attached hydrogens (tertiary/aromatic N) is 1. The van der Waals surface area contributed by atoms with Gasteiger partial charge in [0.15, 0.2) is 0 Å². The fraction of sp³-hybridized carbons (Fsp3) is 0.600. The Hall–Kier alpha value is -1.22. The van der Waals surface area contributed by atoms with E-state index in [2.05, 4.69) is 49.4 Å². The fourth-order valence-corrected chi connectivity index (χ4v) is 2.55. The summed E-state index contributed by atoms with van der Waals surface area (Å²) in [4.78, 5) is 2.10. The molecule has 3 heteroatoms. The second kappa shape index (κ2) is 6.10. The Bertz CT molecular complexity index is 379. The van der Waals surface area contributed by atoms with Crippen molar-refractivity contribution in [2.45, 2.75) is 38.3 Å². The summed E-state index contributed by atoms with van der Waals surface area (Å²) in [6.45, 7) is 3.21. The monoisotopic (exact) mass is 248 g/mol. The third kappa shape index (κ3) is 3.39. The lowest BCUT2D eigenvalue weighted by atomic mass is 10.2. The van der Waals surface area contributed by atoms with Gasteiger partial charge < -0.3 is 15.0 Å². The molecular weight excluding hydrogens is 224 g/mol. The topological polar surface area (TPSA) is 24.5 Å². The average Bonchev–Trinajstić information content (AvgIpc) is 2.77. The van der Waals surface area contributed by atoms with E-state index in [1.807, 2.05) is 6.07 Å². The number of hydrogen-bond acceptors (Lipinski definition) is 3. The van der Waals surface area contributed by atoms with E-state index in [0.29, 0.717) is 12.1 Å². The molecule has 1 aliphatic carbocycles. The van der Waals surface area contributed by atoms with Gasteiger partial charge in [-0.15, -0.1) is 0 Å². The van der Waals surface area contributed by atoms with Crippen LogP contribution in [0.2, 0.25) is 0 Å². The van der Waals surface area contributed by atoms with Crippen LogP contribution in [-0.2, 0) is 0 Å². The molecule has 1 aromatic carbocycles. The number of rotatable bonds is 5. The van der Waals surface area contributed by atoms with Gasteiger partial charge in [-0.2, -0.15) is 0 Å². The van der Waals surface area contributed by atoms with Gasteiger partial charge in [0.25, 0.3) is 0 Å². The van der Waals surface area contributed by atoms with Crippen LogP contribution in [0.5, 0.6) is 5.75 Å². The Morgan fingerprint density at radius 1 is 1.33 bits per heavy atom. The molecule has 0 heterocycles. The van der Waals surface area contributed by atoms with Gasteiger partial charge in [0.2, 0.25) is 0 Å². The van der Waals surface area contributed by atoms with Crippen LogP contribution in [0.15, 0.2) is 24.3 Å². The van der Waals surface area contributed by atoms with Gasteiger partial charge in [0.1, 0.15) is 11.9 Å². The summed E-state index contributed by atoms with van der Waals surface area (Å²) >= 11 is 0. The van der Waals surface area contributed by atoms with Crippen molar-refractivity contribution in [3.05, 3.63) is 24.3 Å². The van der Waals surface area contributed by atoms with Crippen LogP contribution in [0.25, 0.3) is 0 Å². The Morgan fingerprint density at radius 2 is 2.17 bits per heavy atom. The second-order valence-electron chi connectivity index (χ2n) is 5.20. The summed E-state index contributed by atoms with van der Waals surface area (Å²) < 4.78 is 6.08. The summed E-state index contributed by atoms with van der Waals surface area (Å²) in [7, 11) is 4.10. The molecule has 100 valence electrons. The van der Waals surface area contributed by atoms with Gasteiger partial charge in [-0.05, 0) is 37.9 Å². The first-order valence-electron chi connectivity index (χ1n) is 6.86. The second-order valence-corrected chi connectivity index (χ2v) is 5.20. The Labute approximate surface area is 110 Å². The molecule has 1 aliphatic rings. The van der Waals surface area contributed by atoms with Gasteiger partial charge in [0, 0.05) is 31.9 Å². The van der Waals surface area contributed by atoms with Crippen molar-refractivity contribution in [3.8, 4) is 5.75 Å². The van der Waals surface area contributed by atoms with Crippen LogP contribution in [0.4, 0.5) is 5.69 Å². The first-order valence-corrected chi connectivity index (χ1v) is 6.86. The van der Waals surface area contributed by atoms with Gasteiger partial charge >= 0.3 is 0 Å². The molecule has 0 radical (unpaired) electrons. The average molecular weight is 248 g/mol. The molecule has 0 aliphatic heterocycles. The molecule has 2 atom stereocenters. The van der Waals surface area contributed by atoms with Crippen LogP contribution in [0.3, 0.4) is 0 Å². The normalized spacial score (nSPS) is 23.1. The third-order valence-electron chi connectivity index (χ3n) is 3.51. The van der Waals surface area contributed by atoms with Crippen molar-refractivity contribution in [1.82, 2.24) is 5.32 Å². The molecule has 0 amide bonds. The highest BCUT2D eigenvalue weighted by molar-refractivity contribution is 5.49. The maximum absolute atomic E-state index is 6.08. The molecule has 0 saturated heterocycles. The lowest BCUT2D eigenvalue weighted by molar-refractivity contribution is 0.206. The van der Waals surface area contributed by atoms with Crippen molar-refractivity contribution >= 4 is 5.69 Å². The van der Waals surface area contributed by atoms with E-state index < -0.39 is 0 Å². The quantitative estimate of drug-likeness (QED) is 0.867. The van der Waals surface area contributed by atoms with E-state index in [-0.39, 0.29) is 0 Å². The lowest BCUT2D eigenvalue weighted by Gasteiger charge is -2.17. The van der Waals surface area contributed by atoms with E-state index in [1.54, 1.807) is 0 Å². The molecule has 1 N–H and O–H groups in total. The molecule has 0 bridgehead atoms. The van der Waals surface area contributed by atoms with Crippen LogP contribution >= 0.6 is 0 Å². The first-order chi connectivity index (χ1) is 8.69. The predicted octanol–water partition coefficient (Wildman–Crippen LogP) is 2.66. The first kappa shape index (κ1) is 13.2. The molecule has 0 aromatic heterocycles. The predicted molar refractivity (Wildman–Crippen MR) is 76.5 cm³/mol. The minimum absolute atomic E-state index is 0.367. The number of nitrogens with one attached hydrogen (secondary N) is 1. The SMILES string of the molecule is CCNC1CCC(Oc2cccc(N(C)C)c2)C1. The van der Waals surface area contributed by atoms with Gasteiger partial charge in [-0.3, -0.25) is 0 Å². The summed E-state index contributed by atoms with van der Waals surface area (Å²) in [5.74, 6) is 0.989. The Kier molecular flexibility index (Phi) is 4.48. The largest absolute Gasteiger partial charge is 0.490 e. The van der Waals surface area contributed by atoms with Crippen molar-refractivity contribution in [1.29, 1.82) is 0 Å². The highest BCUT2D eigenvalue weighted by Crippen LogP contribution is 2.26. The summed E-state index contributed by atoms with van der Waals surface area (Å²) in [6, 6.07) is 8.95. The van der Waals surface area contributed by atoms with Crippen LogP contribution < -0.4 is 15.0 Å². The summed E-state index contributed by atoms with van der Waals surface area (Å²) in [5, 5.41) is 3.50. The van der Waals surface area contributed by atoms with Gasteiger partial charge in [0.05, 0.1) is 0 Å². The molecular formula is C15H24N2O. The minimum Gasteiger partial charge on any atom is -0.490 e. The number of anilines is 1. The van der Waals surface area contributed by atoms with Crippen molar-refractivity contribution in [3.63, 3.8) is 0 Å². The van der Waals surface area contributed by atoms with Crippen molar-refractivity contribution in [2.75, 3.05) is 25.5 Å². The smallest absolute Gasteiger partial charge is 0.121 e. The van der Waals surface area contributed by atoms with E-state index in [0.717, 1.165) is 25.1 Å². The summed E-state index contributed by atoms with van der Waals surface area (Å²) in [5.41, 5.74) is 1.19. The molecule has 1 aromatic rings. The third-order valence-corrected chi connectivity index (χ3v) is 3.51. The number of hydrogen-bond donors (Lipinski definition) is 1. The molecule has 0 spiro atoms. The van der Waals surface area contributed by atoms with E-state index in [9.17, 15) is 0 Å². The number of ether oxygens (including phenoxy) is 1. The highest BCUT2D eigenvalue weighted by Gasteiger charge is 2.25. The molecule has 2 rings (SSSR count). The minimum atomic E-state index is 0.367. The maximum atomic E-state index is 6.08. The zero-order valence-electron chi connectivity index (χ0n) is 11.6. The molecule has 1 saturated carbocycles. The standard InChI is InChI=1S/C15H24N2O/c1-4-16-12-8-9-15(10-12)18-14-7-5-6-13(11-14)17(2)3/h5-7,11-12,15-16H,4,8-10H2,1-3H3. The van der Waals surface area contributed by atoms with Gasteiger partial charge in [-0.25, -0.2) is 0 Å². The lowest BCUT2D eigenvalue weighted by Crippen LogP contribution is -2.27. The highest BCUT2D eigenvalue weighted by atomic mass is 16.5. The van der Waals surface area contributed by atoms with Crippen LogP contribution in [-0.4, -0.2) is 32.8 Å². The molecule has 18 heavy (non-hydrogen) atoms. The zero-order chi connectivity index (χ0) is 13.0. The van der Waals surface area contributed by atoms with Gasteiger partial charge in [-0.1, -0.05) is 13.0 Å². The van der Waals surface area contributed by atoms with Crippen LogP contribution in [0, 0.1) is 0 Å².